The molecule has 122 valence electrons. The van der Waals surface area contributed by atoms with E-state index in [1.165, 1.54) is 13.3 Å². The minimum Gasteiger partial charge on any atom is -0.503 e. The SMILES string of the molecule is CC(=O)C1=C(O)C(=O)N(c2cccc(C)c2)C1C1CCCCC1. The lowest BCUT2D eigenvalue weighted by Gasteiger charge is -2.35. The van der Waals surface area contributed by atoms with Crippen LogP contribution in [-0.2, 0) is 9.59 Å². The average Bonchev–Trinajstić information content (AvgIpc) is 2.80. The number of hydrogen-bond acceptors (Lipinski definition) is 3. The molecule has 1 atom stereocenters. The summed E-state index contributed by atoms with van der Waals surface area (Å²) < 4.78 is 0. The second-order valence-corrected chi connectivity index (χ2v) is 6.68. The Kier molecular flexibility index (Phi) is 4.24. The molecular formula is C19H23NO3. The summed E-state index contributed by atoms with van der Waals surface area (Å²) in [6.07, 6.45) is 5.41. The third kappa shape index (κ3) is 2.78. The Labute approximate surface area is 136 Å². The van der Waals surface area contributed by atoms with Crippen LogP contribution in [0.1, 0.15) is 44.6 Å². The van der Waals surface area contributed by atoms with Gasteiger partial charge in [-0.3, -0.25) is 14.5 Å². The number of carbonyl (C=O) groups is 2. The maximum atomic E-state index is 12.7. The Morgan fingerprint density at radius 2 is 1.91 bits per heavy atom. The standard InChI is InChI=1S/C19H23NO3/c1-12-7-6-10-15(11-12)20-17(14-8-4-3-5-9-14)16(13(2)21)18(22)19(20)23/h6-7,10-11,14,17,22H,3-5,8-9H2,1-2H3. The van der Waals surface area contributed by atoms with Gasteiger partial charge >= 0.3 is 0 Å². The maximum Gasteiger partial charge on any atom is 0.294 e. The van der Waals surface area contributed by atoms with Crippen LogP contribution in [0, 0.1) is 12.8 Å². The van der Waals surface area contributed by atoms with E-state index in [1.807, 2.05) is 31.2 Å². The molecule has 1 aromatic rings. The minimum absolute atomic E-state index is 0.207. The lowest BCUT2D eigenvalue weighted by molar-refractivity contribution is -0.117. The molecule has 4 nitrogen and oxygen atoms in total. The number of amides is 1. The van der Waals surface area contributed by atoms with Gasteiger partial charge in [-0.25, -0.2) is 0 Å². The van der Waals surface area contributed by atoms with Gasteiger partial charge in [0.05, 0.1) is 11.6 Å². The molecule has 2 aliphatic rings. The van der Waals surface area contributed by atoms with Gasteiger partial charge in [-0.2, -0.15) is 0 Å². The highest BCUT2D eigenvalue weighted by Crippen LogP contribution is 2.40. The molecule has 0 aromatic heterocycles. The highest BCUT2D eigenvalue weighted by molar-refractivity contribution is 6.16. The Hall–Kier alpha value is -2.10. The largest absolute Gasteiger partial charge is 0.503 e. The molecule has 1 aromatic carbocycles. The van der Waals surface area contributed by atoms with Gasteiger partial charge in [0.1, 0.15) is 0 Å². The lowest BCUT2D eigenvalue weighted by atomic mass is 9.80. The number of carbonyl (C=O) groups excluding carboxylic acids is 2. The number of aliphatic hydroxyl groups excluding tert-OH is 1. The van der Waals surface area contributed by atoms with Crippen LogP contribution in [0.15, 0.2) is 35.6 Å². The fourth-order valence-electron chi connectivity index (χ4n) is 3.95. The normalized spacial score (nSPS) is 22.8. The molecule has 1 unspecified atom stereocenters. The molecule has 23 heavy (non-hydrogen) atoms. The monoisotopic (exact) mass is 313 g/mol. The van der Waals surface area contributed by atoms with Crippen molar-refractivity contribution in [3.8, 4) is 0 Å². The van der Waals surface area contributed by atoms with Crippen molar-refractivity contribution in [2.75, 3.05) is 4.90 Å². The molecule has 0 radical (unpaired) electrons. The zero-order valence-electron chi connectivity index (χ0n) is 13.7. The van der Waals surface area contributed by atoms with Crippen LogP contribution < -0.4 is 4.90 Å². The first-order valence-electron chi connectivity index (χ1n) is 8.35. The van der Waals surface area contributed by atoms with E-state index in [9.17, 15) is 14.7 Å². The number of anilines is 1. The van der Waals surface area contributed by atoms with E-state index >= 15 is 0 Å². The third-order valence-corrected chi connectivity index (χ3v) is 5.01. The van der Waals surface area contributed by atoms with E-state index in [1.54, 1.807) is 4.90 Å². The van der Waals surface area contributed by atoms with Gasteiger partial charge < -0.3 is 5.11 Å². The summed E-state index contributed by atoms with van der Waals surface area (Å²) in [5.74, 6) is -0.788. The Morgan fingerprint density at radius 3 is 2.52 bits per heavy atom. The van der Waals surface area contributed by atoms with Crippen LogP contribution in [0.25, 0.3) is 0 Å². The zero-order valence-corrected chi connectivity index (χ0v) is 13.7. The highest BCUT2D eigenvalue weighted by atomic mass is 16.3. The van der Waals surface area contributed by atoms with Gasteiger partial charge in [-0.1, -0.05) is 31.4 Å². The molecule has 0 spiro atoms. The second-order valence-electron chi connectivity index (χ2n) is 6.68. The van der Waals surface area contributed by atoms with Crippen molar-refractivity contribution in [2.45, 2.75) is 52.0 Å². The Balaban J connectivity index is 2.06. The van der Waals surface area contributed by atoms with E-state index in [2.05, 4.69) is 0 Å². The van der Waals surface area contributed by atoms with E-state index in [-0.39, 0.29) is 23.5 Å². The quantitative estimate of drug-likeness (QED) is 0.926. The smallest absolute Gasteiger partial charge is 0.294 e. The fourth-order valence-corrected chi connectivity index (χ4v) is 3.95. The summed E-state index contributed by atoms with van der Waals surface area (Å²) in [4.78, 5) is 26.4. The van der Waals surface area contributed by atoms with Gasteiger partial charge in [-0.05, 0) is 50.3 Å². The number of aliphatic hydroxyl groups is 1. The molecular weight excluding hydrogens is 290 g/mol. The van der Waals surface area contributed by atoms with E-state index in [4.69, 9.17) is 0 Å². The summed E-state index contributed by atoms with van der Waals surface area (Å²) in [5.41, 5.74) is 2.10. The van der Waals surface area contributed by atoms with Gasteiger partial charge in [0.15, 0.2) is 11.5 Å². The minimum atomic E-state index is -0.448. The molecule has 0 saturated heterocycles. The molecule has 1 amide bonds. The van der Waals surface area contributed by atoms with Gasteiger partial charge in [0.2, 0.25) is 0 Å². The molecule has 1 aliphatic carbocycles. The molecule has 4 heteroatoms. The number of rotatable bonds is 3. The number of benzene rings is 1. The number of hydrogen-bond donors (Lipinski definition) is 1. The molecule has 1 saturated carbocycles. The van der Waals surface area contributed by atoms with Crippen molar-refractivity contribution in [3.63, 3.8) is 0 Å². The summed E-state index contributed by atoms with van der Waals surface area (Å²) in [6.45, 7) is 3.41. The van der Waals surface area contributed by atoms with Crippen molar-refractivity contribution in [1.29, 1.82) is 0 Å². The summed E-state index contributed by atoms with van der Waals surface area (Å²) in [5, 5.41) is 10.3. The second kappa shape index (κ2) is 6.19. The highest BCUT2D eigenvalue weighted by Gasteiger charge is 2.46. The Bertz CT molecular complexity index is 671. The average molecular weight is 313 g/mol. The lowest BCUT2D eigenvalue weighted by Crippen LogP contribution is -2.42. The van der Waals surface area contributed by atoms with Crippen LogP contribution in [0.3, 0.4) is 0 Å². The van der Waals surface area contributed by atoms with E-state index < -0.39 is 5.91 Å². The van der Waals surface area contributed by atoms with Crippen molar-refractivity contribution in [3.05, 3.63) is 41.2 Å². The summed E-state index contributed by atoms with van der Waals surface area (Å²) in [7, 11) is 0. The summed E-state index contributed by atoms with van der Waals surface area (Å²) >= 11 is 0. The van der Waals surface area contributed by atoms with Crippen LogP contribution in [0.2, 0.25) is 0 Å². The topological polar surface area (TPSA) is 57.6 Å². The van der Waals surface area contributed by atoms with Crippen LogP contribution >= 0.6 is 0 Å². The zero-order chi connectivity index (χ0) is 16.6. The van der Waals surface area contributed by atoms with Crippen LogP contribution in [0.4, 0.5) is 5.69 Å². The number of Topliss-reactive ketones (excluding diaryl/α,β-unsaturated/α-hetero) is 1. The number of ketones is 1. The number of nitrogens with zero attached hydrogens (tertiary/aromatic N) is 1. The fraction of sp³-hybridized carbons (Fsp3) is 0.474. The molecule has 1 heterocycles. The summed E-state index contributed by atoms with van der Waals surface area (Å²) in [6, 6.07) is 7.35. The first-order valence-corrected chi connectivity index (χ1v) is 8.35. The molecule has 3 rings (SSSR count). The van der Waals surface area contributed by atoms with Gasteiger partial charge in [-0.15, -0.1) is 0 Å². The molecule has 1 aliphatic heterocycles. The molecule has 1 fully saturated rings. The van der Waals surface area contributed by atoms with E-state index in [0.29, 0.717) is 5.57 Å². The number of aryl methyl sites for hydroxylation is 1. The predicted octanol–water partition coefficient (Wildman–Crippen LogP) is 3.69. The van der Waals surface area contributed by atoms with Crippen molar-refractivity contribution in [2.24, 2.45) is 5.92 Å². The molecule has 1 N–H and O–H groups in total. The van der Waals surface area contributed by atoms with Gasteiger partial charge in [0.25, 0.3) is 5.91 Å². The Morgan fingerprint density at radius 1 is 1.22 bits per heavy atom. The van der Waals surface area contributed by atoms with Crippen LogP contribution in [0.5, 0.6) is 0 Å². The van der Waals surface area contributed by atoms with Crippen molar-refractivity contribution >= 4 is 17.4 Å². The maximum absolute atomic E-state index is 12.7. The van der Waals surface area contributed by atoms with E-state index in [0.717, 1.165) is 36.9 Å². The van der Waals surface area contributed by atoms with Gasteiger partial charge in [0, 0.05) is 5.69 Å². The third-order valence-electron chi connectivity index (χ3n) is 5.01. The predicted molar refractivity (Wildman–Crippen MR) is 89.4 cm³/mol. The first kappa shape index (κ1) is 15.8. The van der Waals surface area contributed by atoms with Crippen molar-refractivity contribution < 1.29 is 14.7 Å². The van der Waals surface area contributed by atoms with Crippen LogP contribution in [-0.4, -0.2) is 22.8 Å². The molecule has 0 bridgehead atoms. The van der Waals surface area contributed by atoms with Crippen molar-refractivity contribution in [1.82, 2.24) is 0 Å². The first-order chi connectivity index (χ1) is 11.0.